The summed E-state index contributed by atoms with van der Waals surface area (Å²) in [4.78, 5) is 15.9. The Morgan fingerprint density at radius 2 is 1.80 bits per heavy atom. The first kappa shape index (κ1) is 24.5. The fourth-order valence-electron chi connectivity index (χ4n) is 6.55. The Bertz CT molecular complexity index is 1060. The number of aromatic nitrogens is 3. The lowest BCUT2D eigenvalue weighted by atomic mass is 9.71. The average molecular weight is 478 g/mol. The summed E-state index contributed by atoms with van der Waals surface area (Å²) in [5.41, 5.74) is 3.24. The summed E-state index contributed by atoms with van der Waals surface area (Å²) < 4.78 is 2.48. The molecule has 6 nitrogen and oxygen atoms in total. The number of carbonyl (C=O) groups excluding carboxylic acids is 1. The minimum atomic E-state index is -0.0901. The molecule has 5 rings (SSSR count). The van der Waals surface area contributed by atoms with Crippen LogP contribution in [-0.2, 0) is 4.79 Å². The summed E-state index contributed by atoms with van der Waals surface area (Å²) in [6.07, 6.45) is 8.04. The van der Waals surface area contributed by atoms with E-state index in [0.29, 0.717) is 18.0 Å². The van der Waals surface area contributed by atoms with E-state index in [9.17, 15) is 4.79 Å². The Kier molecular flexibility index (Phi) is 6.77. The number of anilines is 1. The molecule has 3 atom stereocenters. The monoisotopic (exact) mass is 477 g/mol. The highest BCUT2D eigenvalue weighted by molar-refractivity contribution is 5.94. The van der Waals surface area contributed by atoms with Crippen molar-refractivity contribution in [2.45, 2.75) is 96.6 Å². The van der Waals surface area contributed by atoms with E-state index in [1.54, 1.807) is 0 Å². The maximum atomic E-state index is 13.7. The lowest BCUT2D eigenvalue weighted by Gasteiger charge is -2.36. The molecule has 35 heavy (non-hydrogen) atoms. The molecule has 0 bridgehead atoms. The number of carbonyl (C=O) groups is 1. The molecule has 3 saturated carbocycles. The van der Waals surface area contributed by atoms with Crippen molar-refractivity contribution in [3.05, 3.63) is 41.0 Å². The predicted molar refractivity (Wildman–Crippen MR) is 141 cm³/mol. The second-order valence-corrected chi connectivity index (χ2v) is 12.3. The highest BCUT2D eigenvalue weighted by Gasteiger charge is 2.46. The van der Waals surface area contributed by atoms with Gasteiger partial charge < -0.3 is 14.8 Å². The van der Waals surface area contributed by atoms with Crippen LogP contribution in [0.15, 0.2) is 18.2 Å². The van der Waals surface area contributed by atoms with E-state index in [4.69, 9.17) is 10.2 Å². The molecule has 0 aliphatic heterocycles. The van der Waals surface area contributed by atoms with Gasteiger partial charge in [0.15, 0.2) is 0 Å². The number of hydrogen-bond acceptors (Lipinski definition) is 4. The number of hydrogen-bond donors (Lipinski definition) is 1. The van der Waals surface area contributed by atoms with E-state index in [-0.39, 0.29) is 17.7 Å². The van der Waals surface area contributed by atoms with Gasteiger partial charge in [0, 0.05) is 35.5 Å². The van der Waals surface area contributed by atoms with Crippen molar-refractivity contribution < 1.29 is 4.79 Å². The number of amides is 1. The molecule has 1 aromatic carbocycles. The van der Waals surface area contributed by atoms with Crippen molar-refractivity contribution in [2.75, 3.05) is 19.4 Å². The molecule has 1 unspecified atom stereocenters. The molecular weight excluding hydrogens is 434 g/mol. The SMILES string of the molecule is Cc1ccc(NC(=O)[C@H]2CC(N(C)C)C[C@@H]2c2nnc([C@H]3C[C@@H](CC(C)C)C3)n2C2CC2)c(C)c1. The lowest BCUT2D eigenvalue weighted by molar-refractivity contribution is -0.120. The third-order valence-corrected chi connectivity index (χ3v) is 8.64. The Morgan fingerprint density at radius 3 is 2.43 bits per heavy atom. The second kappa shape index (κ2) is 9.68. The van der Waals surface area contributed by atoms with E-state index in [2.05, 4.69) is 68.7 Å². The van der Waals surface area contributed by atoms with Crippen LogP contribution in [0.4, 0.5) is 5.69 Å². The minimum absolute atomic E-state index is 0.0901. The fraction of sp³-hybridized carbons (Fsp3) is 0.690. The largest absolute Gasteiger partial charge is 0.326 e. The lowest BCUT2D eigenvalue weighted by Crippen LogP contribution is -2.29. The quantitative estimate of drug-likeness (QED) is 0.519. The number of rotatable bonds is 8. The number of nitrogens with zero attached hydrogens (tertiary/aromatic N) is 4. The molecule has 0 radical (unpaired) electrons. The molecule has 3 aliphatic carbocycles. The van der Waals surface area contributed by atoms with Crippen LogP contribution in [0.5, 0.6) is 0 Å². The van der Waals surface area contributed by atoms with Crippen molar-refractivity contribution in [3.63, 3.8) is 0 Å². The normalized spacial score (nSPS) is 28.5. The summed E-state index contributed by atoms with van der Waals surface area (Å²) >= 11 is 0. The highest BCUT2D eigenvalue weighted by Crippen LogP contribution is 2.50. The Hall–Kier alpha value is -2.21. The number of benzene rings is 1. The zero-order chi connectivity index (χ0) is 24.9. The number of aryl methyl sites for hydroxylation is 2. The molecule has 2 aromatic rings. The van der Waals surface area contributed by atoms with E-state index >= 15 is 0 Å². The van der Waals surface area contributed by atoms with Crippen LogP contribution in [0, 0.1) is 31.6 Å². The van der Waals surface area contributed by atoms with Gasteiger partial charge >= 0.3 is 0 Å². The van der Waals surface area contributed by atoms with Gasteiger partial charge in [-0.1, -0.05) is 31.5 Å². The summed E-state index contributed by atoms with van der Waals surface area (Å²) in [5.74, 6) is 4.54. The molecule has 1 amide bonds. The Labute approximate surface area is 210 Å². The summed E-state index contributed by atoms with van der Waals surface area (Å²) in [7, 11) is 4.26. The fourth-order valence-corrected chi connectivity index (χ4v) is 6.55. The molecule has 1 aromatic heterocycles. The maximum absolute atomic E-state index is 13.7. The molecule has 0 spiro atoms. The van der Waals surface area contributed by atoms with Crippen LogP contribution in [0.25, 0.3) is 0 Å². The first-order chi connectivity index (χ1) is 16.7. The third-order valence-electron chi connectivity index (χ3n) is 8.64. The van der Waals surface area contributed by atoms with E-state index in [1.807, 2.05) is 6.07 Å². The Balaban J connectivity index is 1.40. The molecular formula is C29H43N5O. The van der Waals surface area contributed by atoms with Crippen LogP contribution in [0.3, 0.4) is 0 Å². The Morgan fingerprint density at radius 1 is 1.09 bits per heavy atom. The van der Waals surface area contributed by atoms with E-state index < -0.39 is 0 Å². The van der Waals surface area contributed by atoms with Crippen LogP contribution < -0.4 is 5.32 Å². The summed E-state index contributed by atoms with van der Waals surface area (Å²) in [6.45, 7) is 8.80. The topological polar surface area (TPSA) is 63.1 Å². The van der Waals surface area contributed by atoms with Gasteiger partial charge in [0.25, 0.3) is 0 Å². The first-order valence-electron chi connectivity index (χ1n) is 13.7. The minimum Gasteiger partial charge on any atom is -0.326 e. The zero-order valence-electron chi connectivity index (χ0n) is 22.4. The van der Waals surface area contributed by atoms with Gasteiger partial charge in [0.2, 0.25) is 5.91 Å². The van der Waals surface area contributed by atoms with Crippen molar-refractivity contribution in [1.29, 1.82) is 0 Å². The van der Waals surface area contributed by atoms with Gasteiger partial charge in [-0.15, -0.1) is 10.2 Å². The highest BCUT2D eigenvalue weighted by atomic mass is 16.1. The molecule has 1 heterocycles. The second-order valence-electron chi connectivity index (χ2n) is 12.3. The summed E-state index contributed by atoms with van der Waals surface area (Å²) in [6, 6.07) is 7.14. The van der Waals surface area contributed by atoms with Crippen LogP contribution in [0.2, 0.25) is 0 Å². The summed E-state index contributed by atoms with van der Waals surface area (Å²) in [5, 5.41) is 12.9. The van der Waals surface area contributed by atoms with Crippen LogP contribution >= 0.6 is 0 Å². The van der Waals surface area contributed by atoms with Crippen LogP contribution in [-0.4, -0.2) is 45.7 Å². The molecule has 3 aliphatic rings. The van der Waals surface area contributed by atoms with Gasteiger partial charge in [-0.3, -0.25) is 4.79 Å². The third kappa shape index (κ3) is 5.04. The molecule has 3 fully saturated rings. The van der Waals surface area contributed by atoms with Gasteiger partial charge in [0.1, 0.15) is 11.6 Å². The van der Waals surface area contributed by atoms with Crippen molar-refractivity contribution in [3.8, 4) is 0 Å². The molecule has 0 saturated heterocycles. The number of nitrogens with one attached hydrogen (secondary N) is 1. The average Bonchev–Trinajstić information content (AvgIpc) is 3.35. The van der Waals surface area contributed by atoms with Crippen molar-refractivity contribution in [2.24, 2.45) is 17.8 Å². The molecule has 6 heteroatoms. The van der Waals surface area contributed by atoms with Gasteiger partial charge in [-0.2, -0.15) is 0 Å². The van der Waals surface area contributed by atoms with Crippen molar-refractivity contribution in [1.82, 2.24) is 19.7 Å². The van der Waals surface area contributed by atoms with Gasteiger partial charge in [-0.25, -0.2) is 0 Å². The van der Waals surface area contributed by atoms with Crippen molar-refractivity contribution >= 4 is 11.6 Å². The molecule has 1 N–H and O–H groups in total. The smallest absolute Gasteiger partial charge is 0.228 e. The van der Waals surface area contributed by atoms with Gasteiger partial charge in [-0.05, 0) is 96.4 Å². The first-order valence-corrected chi connectivity index (χ1v) is 13.7. The zero-order valence-corrected chi connectivity index (χ0v) is 22.4. The predicted octanol–water partition coefficient (Wildman–Crippen LogP) is 5.83. The standard InChI is InChI=1S/C29H43N5O/c1-17(2)11-20-13-21(14-20)27-31-32-28(34(27)22-8-9-22)24-15-23(33(5)6)16-25(24)29(35)30-26-10-7-18(3)12-19(26)4/h7,10,12,17,20-25H,8-9,11,13-16H2,1-6H3,(H,30,35)/t20-,21+,23?,24-,25-/m0/s1. The van der Waals surface area contributed by atoms with E-state index in [0.717, 1.165) is 41.8 Å². The maximum Gasteiger partial charge on any atom is 0.228 e. The molecule has 190 valence electrons. The van der Waals surface area contributed by atoms with Gasteiger partial charge in [0.05, 0.1) is 0 Å². The van der Waals surface area contributed by atoms with E-state index in [1.165, 1.54) is 43.5 Å². The van der Waals surface area contributed by atoms with Crippen LogP contribution in [0.1, 0.15) is 99.4 Å².